The highest BCUT2D eigenvalue weighted by molar-refractivity contribution is 7.98. The van der Waals surface area contributed by atoms with Crippen LogP contribution in [0.2, 0.25) is 0 Å². The van der Waals surface area contributed by atoms with Crippen LogP contribution < -0.4 is 0 Å². The van der Waals surface area contributed by atoms with Crippen molar-refractivity contribution in [3.05, 3.63) is 52.6 Å². The minimum absolute atomic E-state index is 0.289. The number of aromatic nitrogens is 3. The Hall–Kier alpha value is -1.63. The van der Waals surface area contributed by atoms with E-state index in [4.69, 9.17) is 9.72 Å². The first-order valence-electron chi connectivity index (χ1n) is 9.12. The number of thiazole rings is 1. The van der Waals surface area contributed by atoms with E-state index in [1.54, 1.807) is 23.1 Å². The van der Waals surface area contributed by atoms with Gasteiger partial charge >= 0.3 is 0 Å². The third-order valence-electron chi connectivity index (χ3n) is 4.55. The molecular formula is C20H23N3OS2. The van der Waals surface area contributed by atoms with Gasteiger partial charge in [0.1, 0.15) is 0 Å². The van der Waals surface area contributed by atoms with E-state index in [-0.39, 0.29) is 6.10 Å². The molecular weight excluding hydrogens is 362 g/mol. The number of benzene rings is 1. The minimum atomic E-state index is 0.289. The van der Waals surface area contributed by atoms with Crippen molar-refractivity contribution in [1.82, 2.24) is 14.5 Å². The molecule has 0 bridgehead atoms. The lowest BCUT2D eigenvalue weighted by molar-refractivity contribution is 0.0954. The lowest BCUT2D eigenvalue weighted by Crippen LogP contribution is -2.16. The maximum Gasteiger partial charge on any atom is 0.168 e. The molecule has 26 heavy (non-hydrogen) atoms. The first-order valence-corrected chi connectivity index (χ1v) is 11.0. The zero-order valence-electron chi connectivity index (χ0n) is 14.9. The van der Waals surface area contributed by atoms with Gasteiger partial charge in [-0.05, 0) is 24.8 Å². The number of thioether (sulfide) groups is 1. The fourth-order valence-electron chi connectivity index (χ4n) is 3.20. The molecule has 1 atom stereocenters. The quantitative estimate of drug-likeness (QED) is 0.534. The van der Waals surface area contributed by atoms with E-state index in [1.165, 1.54) is 10.6 Å². The zero-order chi connectivity index (χ0) is 17.8. The van der Waals surface area contributed by atoms with E-state index in [2.05, 4.69) is 46.1 Å². The molecule has 3 heterocycles. The first-order chi connectivity index (χ1) is 12.8. The summed E-state index contributed by atoms with van der Waals surface area (Å²) in [5, 5.41) is 4.41. The summed E-state index contributed by atoms with van der Waals surface area (Å²) in [6.07, 6.45) is 5.56. The van der Waals surface area contributed by atoms with Crippen molar-refractivity contribution < 1.29 is 4.74 Å². The Morgan fingerprint density at radius 2 is 2.19 bits per heavy atom. The van der Waals surface area contributed by atoms with Crippen molar-refractivity contribution in [2.45, 2.75) is 49.7 Å². The maximum absolute atomic E-state index is 5.88. The van der Waals surface area contributed by atoms with Crippen LogP contribution in [0.4, 0.5) is 0 Å². The third kappa shape index (κ3) is 4.03. The summed E-state index contributed by atoms with van der Waals surface area (Å²) in [5.74, 6) is 0.854. The van der Waals surface area contributed by atoms with E-state index >= 15 is 0 Å². The summed E-state index contributed by atoms with van der Waals surface area (Å²) in [4.78, 5) is 9.40. The summed E-state index contributed by atoms with van der Waals surface area (Å²) in [6.45, 7) is 3.89. The number of nitrogens with zero attached hydrogens (tertiary/aromatic N) is 3. The van der Waals surface area contributed by atoms with Crippen LogP contribution in [0, 0.1) is 0 Å². The normalized spacial score (nSPS) is 17.0. The number of hydrogen-bond donors (Lipinski definition) is 0. The Labute approximate surface area is 162 Å². The van der Waals surface area contributed by atoms with Crippen LogP contribution in [-0.4, -0.2) is 27.2 Å². The van der Waals surface area contributed by atoms with Crippen LogP contribution in [0.5, 0.6) is 0 Å². The fourth-order valence-corrected chi connectivity index (χ4v) is 4.93. The molecule has 1 aliphatic rings. The fraction of sp³-hybridized carbons (Fsp3) is 0.400. The second-order valence-corrected chi connectivity index (χ2v) is 8.30. The summed E-state index contributed by atoms with van der Waals surface area (Å²) < 4.78 is 8.21. The number of rotatable bonds is 7. The minimum Gasteiger partial charge on any atom is -0.376 e. The Morgan fingerprint density at radius 1 is 1.31 bits per heavy atom. The number of aryl methyl sites for hydroxylation is 1. The molecule has 1 saturated heterocycles. The molecule has 0 saturated carbocycles. The molecule has 0 amide bonds. The van der Waals surface area contributed by atoms with Crippen molar-refractivity contribution >= 4 is 23.1 Å². The highest BCUT2D eigenvalue weighted by Crippen LogP contribution is 2.30. The van der Waals surface area contributed by atoms with Crippen LogP contribution >= 0.6 is 23.1 Å². The van der Waals surface area contributed by atoms with Crippen LogP contribution in [0.15, 0.2) is 47.1 Å². The molecule has 4 rings (SSSR count). The van der Waals surface area contributed by atoms with Gasteiger partial charge in [-0.25, -0.2) is 9.97 Å². The monoisotopic (exact) mass is 385 g/mol. The number of hydrogen-bond acceptors (Lipinski definition) is 5. The molecule has 0 N–H and O–H groups in total. The smallest absolute Gasteiger partial charge is 0.168 e. The van der Waals surface area contributed by atoms with Crippen LogP contribution in [0.25, 0.3) is 11.3 Å². The van der Waals surface area contributed by atoms with Gasteiger partial charge in [0.05, 0.1) is 35.2 Å². The average molecular weight is 386 g/mol. The molecule has 0 radical (unpaired) electrons. The number of ether oxygens (including phenoxy) is 1. The highest BCUT2D eigenvalue weighted by Gasteiger charge is 2.20. The van der Waals surface area contributed by atoms with Gasteiger partial charge in [0, 0.05) is 17.7 Å². The molecule has 4 nitrogen and oxygen atoms in total. The van der Waals surface area contributed by atoms with Gasteiger partial charge in [-0.2, -0.15) is 0 Å². The lowest BCUT2D eigenvalue weighted by atomic mass is 10.1. The largest absolute Gasteiger partial charge is 0.376 e. The van der Waals surface area contributed by atoms with Crippen molar-refractivity contribution in [3.63, 3.8) is 0 Å². The van der Waals surface area contributed by atoms with Gasteiger partial charge < -0.3 is 9.30 Å². The predicted octanol–water partition coefficient (Wildman–Crippen LogP) is 5.04. The van der Waals surface area contributed by atoms with Crippen molar-refractivity contribution in [2.24, 2.45) is 0 Å². The van der Waals surface area contributed by atoms with E-state index < -0.39 is 0 Å². The summed E-state index contributed by atoms with van der Waals surface area (Å²) in [7, 11) is 0. The molecule has 6 heteroatoms. The maximum atomic E-state index is 5.88. The van der Waals surface area contributed by atoms with E-state index in [9.17, 15) is 0 Å². The summed E-state index contributed by atoms with van der Waals surface area (Å²) in [6, 6.07) is 10.5. The van der Waals surface area contributed by atoms with E-state index in [1.807, 2.05) is 12.3 Å². The molecule has 1 aliphatic heterocycles. The molecule has 1 fully saturated rings. The van der Waals surface area contributed by atoms with Gasteiger partial charge in [0.2, 0.25) is 0 Å². The Morgan fingerprint density at radius 3 is 2.92 bits per heavy atom. The standard InChI is InChI=1S/C20H23N3OS2/c1-2-19-22-16(13-25-19)14-26-20-21-11-18(15-7-4-3-5-8-15)23(20)12-17-9-6-10-24-17/h3-5,7-8,11,13,17H,2,6,9-10,12,14H2,1H3. The summed E-state index contributed by atoms with van der Waals surface area (Å²) >= 11 is 3.51. The number of imidazole rings is 1. The molecule has 1 unspecified atom stereocenters. The van der Waals surface area contributed by atoms with Gasteiger partial charge in [-0.1, -0.05) is 49.0 Å². The van der Waals surface area contributed by atoms with Crippen molar-refractivity contribution in [2.75, 3.05) is 6.61 Å². The predicted molar refractivity (Wildman–Crippen MR) is 108 cm³/mol. The van der Waals surface area contributed by atoms with Crippen LogP contribution in [0.1, 0.15) is 30.5 Å². The molecule has 0 spiro atoms. The van der Waals surface area contributed by atoms with Crippen LogP contribution in [0.3, 0.4) is 0 Å². The Bertz CT molecular complexity index is 838. The van der Waals surface area contributed by atoms with Crippen molar-refractivity contribution in [3.8, 4) is 11.3 Å². The van der Waals surface area contributed by atoms with Gasteiger partial charge in [-0.15, -0.1) is 11.3 Å². The SMILES string of the molecule is CCc1nc(CSc2ncc(-c3ccccc3)n2CC2CCCO2)cs1. The van der Waals surface area contributed by atoms with E-state index in [0.29, 0.717) is 0 Å². The van der Waals surface area contributed by atoms with Gasteiger partial charge in [0.25, 0.3) is 0 Å². The summed E-state index contributed by atoms with van der Waals surface area (Å²) in [5.41, 5.74) is 3.51. The molecule has 136 valence electrons. The molecule has 0 aliphatic carbocycles. The van der Waals surface area contributed by atoms with Crippen LogP contribution in [-0.2, 0) is 23.5 Å². The molecule has 3 aromatic rings. The first kappa shape index (κ1) is 17.8. The Balaban J connectivity index is 1.57. The molecule has 2 aromatic heterocycles. The zero-order valence-corrected chi connectivity index (χ0v) is 16.6. The third-order valence-corrected chi connectivity index (χ3v) is 6.62. The second kappa shape index (κ2) is 8.37. The lowest BCUT2D eigenvalue weighted by Gasteiger charge is -2.16. The average Bonchev–Trinajstić information content (AvgIpc) is 3.42. The molecule has 1 aromatic carbocycles. The van der Waals surface area contributed by atoms with Crippen molar-refractivity contribution in [1.29, 1.82) is 0 Å². The topological polar surface area (TPSA) is 39.9 Å². The Kier molecular flexibility index (Phi) is 5.72. The van der Waals surface area contributed by atoms with Gasteiger partial charge in [0.15, 0.2) is 5.16 Å². The second-order valence-electron chi connectivity index (χ2n) is 6.41. The highest BCUT2D eigenvalue weighted by atomic mass is 32.2. The van der Waals surface area contributed by atoms with E-state index in [0.717, 1.165) is 54.7 Å². The van der Waals surface area contributed by atoms with Gasteiger partial charge in [-0.3, -0.25) is 0 Å².